The monoisotopic (exact) mass is 579 g/mol. The number of phosphoric acid groups is 1. The number of ketones is 1. The standard InChI is InChI=1S/C29H58NO8P/c1-5-6-7-8-9-10-11-12-13-14-15-16-17-18-19-20-23-35-29(38-28(32)26-27(2)31)21-24-36-39(33,34)37-25-22-30(3)4/h29H,5-26H2,1-4H3,(H,33,34). The van der Waals surface area contributed by atoms with Crippen LogP contribution in [-0.2, 0) is 32.7 Å². The second-order valence-electron chi connectivity index (χ2n) is 10.7. The van der Waals surface area contributed by atoms with E-state index in [2.05, 4.69) is 6.92 Å². The Morgan fingerprint density at radius 1 is 0.744 bits per heavy atom. The molecule has 0 rings (SSSR count). The summed E-state index contributed by atoms with van der Waals surface area (Å²) < 4.78 is 32.8. The van der Waals surface area contributed by atoms with E-state index in [1.807, 2.05) is 19.0 Å². The van der Waals surface area contributed by atoms with Crippen LogP contribution in [0.15, 0.2) is 0 Å². The van der Waals surface area contributed by atoms with Crippen molar-refractivity contribution in [3.05, 3.63) is 0 Å². The van der Waals surface area contributed by atoms with E-state index in [-0.39, 0.29) is 31.8 Å². The third-order valence-corrected chi connectivity index (χ3v) is 7.38. The minimum absolute atomic E-state index is 0.0492. The summed E-state index contributed by atoms with van der Waals surface area (Å²) in [6.07, 6.45) is 19.2. The number of carbonyl (C=O) groups is 2. The van der Waals surface area contributed by atoms with Crippen LogP contribution in [-0.4, -0.2) is 68.3 Å². The highest BCUT2D eigenvalue weighted by Gasteiger charge is 2.23. The Labute approximate surface area is 238 Å². The van der Waals surface area contributed by atoms with Crippen LogP contribution in [0.25, 0.3) is 0 Å². The maximum atomic E-state index is 12.0. The minimum atomic E-state index is -4.20. The SMILES string of the molecule is CCCCCCCCCCCCCCCCCCOC(CCOP(=O)(O)OCCN(C)C)OC(=O)CC(C)=O. The smallest absolute Gasteiger partial charge is 0.435 e. The largest absolute Gasteiger partial charge is 0.472 e. The molecule has 0 amide bonds. The second kappa shape index (κ2) is 26.1. The third kappa shape index (κ3) is 28.5. The van der Waals surface area contributed by atoms with E-state index in [9.17, 15) is 19.0 Å². The molecule has 0 aromatic carbocycles. The van der Waals surface area contributed by atoms with E-state index in [0.29, 0.717) is 13.2 Å². The Bertz CT molecular complexity index is 647. The highest BCUT2D eigenvalue weighted by atomic mass is 31.2. The summed E-state index contributed by atoms with van der Waals surface area (Å²) in [7, 11) is -0.559. The Kier molecular flexibility index (Phi) is 25.5. The zero-order chi connectivity index (χ0) is 29.2. The van der Waals surface area contributed by atoms with Gasteiger partial charge in [-0.25, -0.2) is 4.57 Å². The number of nitrogens with zero attached hydrogens (tertiary/aromatic N) is 1. The summed E-state index contributed by atoms with van der Waals surface area (Å²) in [5.41, 5.74) is 0. The highest BCUT2D eigenvalue weighted by Crippen LogP contribution is 2.43. The maximum absolute atomic E-state index is 12.0. The molecular formula is C29H58NO8P. The van der Waals surface area contributed by atoms with E-state index in [0.717, 1.165) is 19.3 Å². The number of ether oxygens (including phenoxy) is 2. The molecule has 0 heterocycles. The van der Waals surface area contributed by atoms with Crippen molar-refractivity contribution in [1.82, 2.24) is 4.90 Å². The van der Waals surface area contributed by atoms with Gasteiger partial charge in [-0.2, -0.15) is 0 Å². The summed E-state index contributed by atoms with van der Waals surface area (Å²) in [6, 6.07) is 0. The van der Waals surface area contributed by atoms with Crippen LogP contribution in [0.4, 0.5) is 0 Å². The van der Waals surface area contributed by atoms with E-state index in [1.165, 1.54) is 90.4 Å². The van der Waals surface area contributed by atoms with Crippen molar-refractivity contribution >= 4 is 19.6 Å². The molecule has 0 aliphatic heterocycles. The number of Topliss-reactive ketones (excluding diaryl/α,β-unsaturated/α-hetero) is 1. The molecule has 39 heavy (non-hydrogen) atoms. The second-order valence-corrected chi connectivity index (χ2v) is 12.2. The summed E-state index contributed by atoms with van der Waals surface area (Å²) in [5.74, 6) is -0.990. The molecule has 0 aliphatic carbocycles. The predicted molar refractivity (Wildman–Crippen MR) is 156 cm³/mol. The molecule has 2 atom stereocenters. The Balaban J connectivity index is 3.96. The Morgan fingerprint density at radius 3 is 1.67 bits per heavy atom. The van der Waals surface area contributed by atoms with Gasteiger partial charge >= 0.3 is 13.8 Å². The van der Waals surface area contributed by atoms with Gasteiger partial charge in [0.2, 0.25) is 6.29 Å². The van der Waals surface area contributed by atoms with Crippen molar-refractivity contribution < 1.29 is 37.6 Å². The van der Waals surface area contributed by atoms with Gasteiger partial charge < -0.3 is 19.3 Å². The molecule has 0 aliphatic rings. The van der Waals surface area contributed by atoms with Gasteiger partial charge in [0.25, 0.3) is 0 Å². The van der Waals surface area contributed by atoms with E-state index < -0.39 is 20.1 Å². The van der Waals surface area contributed by atoms with Crippen LogP contribution in [0, 0.1) is 0 Å². The first-order valence-corrected chi connectivity index (χ1v) is 16.7. The molecule has 0 radical (unpaired) electrons. The molecule has 9 nitrogen and oxygen atoms in total. The number of unbranched alkanes of at least 4 members (excludes halogenated alkanes) is 15. The lowest BCUT2D eigenvalue weighted by molar-refractivity contribution is -0.181. The molecular weight excluding hydrogens is 521 g/mol. The van der Waals surface area contributed by atoms with Crippen molar-refractivity contribution in [1.29, 1.82) is 0 Å². The van der Waals surface area contributed by atoms with Gasteiger partial charge in [-0.3, -0.25) is 18.6 Å². The molecule has 0 saturated heterocycles. The van der Waals surface area contributed by atoms with Gasteiger partial charge in [-0.1, -0.05) is 103 Å². The molecule has 0 fully saturated rings. The van der Waals surface area contributed by atoms with Crippen molar-refractivity contribution in [2.24, 2.45) is 0 Å². The van der Waals surface area contributed by atoms with Crippen LogP contribution in [0.5, 0.6) is 0 Å². The van der Waals surface area contributed by atoms with E-state index in [1.54, 1.807) is 0 Å². The average molecular weight is 580 g/mol. The summed E-state index contributed by atoms with van der Waals surface area (Å²) in [4.78, 5) is 34.7. The molecule has 0 bridgehead atoms. The van der Waals surface area contributed by atoms with Gasteiger partial charge in [0.15, 0.2) is 0 Å². The van der Waals surface area contributed by atoms with Gasteiger partial charge in [0.05, 0.1) is 19.8 Å². The fraction of sp³-hybridized carbons (Fsp3) is 0.931. The molecule has 0 aromatic heterocycles. The van der Waals surface area contributed by atoms with Gasteiger partial charge in [0, 0.05) is 13.0 Å². The number of carbonyl (C=O) groups excluding carboxylic acids is 2. The first-order valence-electron chi connectivity index (χ1n) is 15.2. The molecule has 0 spiro atoms. The van der Waals surface area contributed by atoms with Crippen LogP contribution in [0.2, 0.25) is 0 Å². The number of hydrogen-bond donors (Lipinski definition) is 1. The molecule has 2 unspecified atom stereocenters. The third-order valence-electron chi connectivity index (χ3n) is 6.36. The highest BCUT2D eigenvalue weighted by molar-refractivity contribution is 7.47. The Hall–Kier alpha value is -0.830. The maximum Gasteiger partial charge on any atom is 0.472 e. The lowest BCUT2D eigenvalue weighted by Crippen LogP contribution is -2.24. The topological polar surface area (TPSA) is 112 Å². The Morgan fingerprint density at radius 2 is 1.21 bits per heavy atom. The summed E-state index contributed by atoms with van der Waals surface area (Å²) in [5, 5.41) is 0. The quantitative estimate of drug-likeness (QED) is 0.0323. The number of rotatable bonds is 29. The predicted octanol–water partition coefficient (Wildman–Crippen LogP) is 7.20. The molecule has 1 N–H and O–H groups in total. The zero-order valence-corrected chi connectivity index (χ0v) is 26.2. The number of hydrogen-bond acceptors (Lipinski definition) is 8. The first-order chi connectivity index (χ1) is 18.7. The summed E-state index contributed by atoms with van der Waals surface area (Å²) >= 11 is 0. The van der Waals surface area contributed by atoms with Crippen LogP contribution >= 0.6 is 7.82 Å². The fourth-order valence-corrected chi connectivity index (χ4v) is 4.80. The van der Waals surface area contributed by atoms with Crippen molar-refractivity contribution in [3.8, 4) is 0 Å². The van der Waals surface area contributed by atoms with Crippen molar-refractivity contribution in [2.45, 2.75) is 136 Å². The first kappa shape index (κ1) is 38.2. The van der Waals surface area contributed by atoms with Crippen LogP contribution < -0.4 is 0 Å². The van der Waals surface area contributed by atoms with Gasteiger partial charge in [-0.05, 0) is 27.4 Å². The number of likely N-dealkylation sites (N-methyl/N-ethyl adjacent to an activating group) is 1. The molecule has 0 saturated carbocycles. The molecule has 232 valence electrons. The number of phosphoric ester groups is 1. The van der Waals surface area contributed by atoms with Crippen LogP contribution in [0.3, 0.4) is 0 Å². The van der Waals surface area contributed by atoms with E-state index >= 15 is 0 Å². The minimum Gasteiger partial charge on any atom is -0.435 e. The van der Waals surface area contributed by atoms with Gasteiger partial charge in [0.1, 0.15) is 12.2 Å². The normalized spacial score (nSPS) is 13.9. The average Bonchev–Trinajstić information content (AvgIpc) is 2.84. The summed E-state index contributed by atoms with van der Waals surface area (Å²) in [6.45, 7) is 4.30. The lowest BCUT2D eigenvalue weighted by atomic mass is 10.0. The fourth-order valence-electron chi connectivity index (χ4n) is 4.07. The van der Waals surface area contributed by atoms with Crippen LogP contribution in [0.1, 0.15) is 129 Å². The van der Waals surface area contributed by atoms with Crippen molar-refractivity contribution in [2.75, 3.05) is 40.5 Å². The zero-order valence-electron chi connectivity index (χ0n) is 25.3. The van der Waals surface area contributed by atoms with E-state index in [4.69, 9.17) is 18.5 Å². The number of esters is 1. The van der Waals surface area contributed by atoms with Crippen molar-refractivity contribution in [3.63, 3.8) is 0 Å². The van der Waals surface area contributed by atoms with Gasteiger partial charge in [-0.15, -0.1) is 0 Å². The molecule has 10 heteroatoms. The lowest BCUT2D eigenvalue weighted by Gasteiger charge is -2.19. The molecule has 0 aromatic rings.